The zero-order valence-corrected chi connectivity index (χ0v) is 24.5. The maximum absolute atomic E-state index is 12.2. The van der Waals surface area contributed by atoms with Crippen molar-refractivity contribution < 1.29 is 19.0 Å². The highest BCUT2D eigenvalue weighted by atomic mass is 16.6. The van der Waals surface area contributed by atoms with Crippen molar-refractivity contribution in [3.8, 4) is 22.9 Å². The average Bonchev–Trinajstić information content (AvgIpc) is 3.00. The maximum Gasteiger partial charge on any atom is 0.320 e. The minimum atomic E-state index is -0.470. The Morgan fingerprint density at radius 3 is 2.02 bits per heavy atom. The number of esters is 1. The highest BCUT2D eigenvalue weighted by Gasteiger charge is 2.23. The molecule has 4 aromatic rings. The molecular weight excluding hydrogens is 528 g/mol. The van der Waals surface area contributed by atoms with Crippen molar-refractivity contribution in [2.45, 2.75) is 39.6 Å². The van der Waals surface area contributed by atoms with Gasteiger partial charge >= 0.3 is 5.97 Å². The SMILES string of the molecule is CC(C)(C)OC(=O)CN1CCN(c2ccc(-c3ccc(OCc4ccccc4)nc3OCc3ccccc3)cn2)CC1. The van der Waals surface area contributed by atoms with Gasteiger partial charge in [0.05, 0.1) is 6.54 Å². The molecule has 1 saturated heterocycles. The summed E-state index contributed by atoms with van der Waals surface area (Å²) in [6.07, 6.45) is 1.86. The lowest BCUT2D eigenvalue weighted by atomic mass is 10.1. The molecule has 0 saturated carbocycles. The summed E-state index contributed by atoms with van der Waals surface area (Å²) in [7, 11) is 0. The zero-order chi connectivity index (χ0) is 29.4. The third-order valence-corrected chi connectivity index (χ3v) is 6.81. The van der Waals surface area contributed by atoms with Crippen molar-refractivity contribution >= 4 is 11.8 Å². The summed E-state index contributed by atoms with van der Waals surface area (Å²) in [4.78, 5) is 26.1. The van der Waals surface area contributed by atoms with Crippen LogP contribution in [-0.2, 0) is 22.7 Å². The van der Waals surface area contributed by atoms with Crippen LogP contribution in [0.15, 0.2) is 91.1 Å². The number of anilines is 1. The fourth-order valence-corrected chi connectivity index (χ4v) is 4.71. The van der Waals surface area contributed by atoms with E-state index < -0.39 is 5.60 Å². The molecule has 8 heteroatoms. The molecule has 8 nitrogen and oxygen atoms in total. The van der Waals surface area contributed by atoms with Crippen molar-refractivity contribution in [3.05, 3.63) is 102 Å². The van der Waals surface area contributed by atoms with Gasteiger partial charge in [0.1, 0.15) is 24.6 Å². The number of pyridine rings is 2. The van der Waals surface area contributed by atoms with E-state index in [9.17, 15) is 4.79 Å². The molecule has 0 atom stereocenters. The van der Waals surface area contributed by atoms with Crippen LogP contribution in [-0.4, -0.2) is 59.2 Å². The van der Waals surface area contributed by atoms with Crippen LogP contribution < -0.4 is 14.4 Å². The van der Waals surface area contributed by atoms with E-state index in [0.717, 1.165) is 54.3 Å². The van der Waals surface area contributed by atoms with E-state index in [4.69, 9.17) is 24.2 Å². The zero-order valence-electron chi connectivity index (χ0n) is 24.5. The fourth-order valence-electron chi connectivity index (χ4n) is 4.71. The number of carbonyl (C=O) groups is 1. The van der Waals surface area contributed by atoms with Gasteiger partial charge < -0.3 is 19.1 Å². The molecule has 0 aliphatic carbocycles. The maximum atomic E-state index is 12.2. The first-order chi connectivity index (χ1) is 20.3. The predicted molar refractivity (Wildman–Crippen MR) is 164 cm³/mol. The number of nitrogens with zero attached hydrogens (tertiary/aromatic N) is 4. The molecule has 218 valence electrons. The van der Waals surface area contributed by atoms with E-state index in [1.165, 1.54) is 0 Å². The molecular formula is C34H38N4O4. The molecule has 1 aliphatic rings. The minimum Gasteiger partial charge on any atom is -0.473 e. The van der Waals surface area contributed by atoms with E-state index >= 15 is 0 Å². The molecule has 0 unspecified atom stereocenters. The molecule has 1 aliphatic heterocycles. The lowest BCUT2D eigenvalue weighted by Gasteiger charge is -2.35. The van der Waals surface area contributed by atoms with Crippen molar-refractivity contribution in [2.75, 3.05) is 37.6 Å². The highest BCUT2D eigenvalue weighted by Crippen LogP contribution is 2.32. The number of ether oxygens (including phenoxy) is 3. The second kappa shape index (κ2) is 13.5. The van der Waals surface area contributed by atoms with Gasteiger partial charge in [-0.25, -0.2) is 4.98 Å². The topological polar surface area (TPSA) is 77.0 Å². The number of piperazine rings is 1. The van der Waals surface area contributed by atoms with Gasteiger partial charge in [-0.3, -0.25) is 9.69 Å². The highest BCUT2D eigenvalue weighted by molar-refractivity contribution is 5.72. The summed E-state index contributed by atoms with van der Waals surface area (Å²) in [5.74, 6) is 1.71. The van der Waals surface area contributed by atoms with Crippen molar-refractivity contribution in [3.63, 3.8) is 0 Å². The standard InChI is InChI=1S/C34H38N4O4/c1-34(2,3)42-32(39)23-37-18-20-38(21-19-37)30-16-14-28(22-35-30)29-15-17-31(40-24-26-10-6-4-7-11-26)36-33(29)41-25-27-12-8-5-9-13-27/h4-17,22H,18-21,23-25H2,1-3H3. The van der Waals surface area contributed by atoms with E-state index in [0.29, 0.717) is 31.5 Å². The van der Waals surface area contributed by atoms with Gasteiger partial charge in [-0.2, -0.15) is 4.98 Å². The Kier molecular flexibility index (Phi) is 9.34. The van der Waals surface area contributed by atoms with Gasteiger partial charge in [0, 0.05) is 49.6 Å². The number of carbonyl (C=O) groups excluding carboxylic acids is 1. The molecule has 0 spiro atoms. The summed E-state index contributed by atoms with van der Waals surface area (Å²) in [6.45, 7) is 9.91. The van der Waals surface area contributed by atoms with Crippen molar-refractivity contribution in [2.24, 2.45) is 0 Å². The Morgan fingerprint density at radius 2 is 1.43 bits per heavy atom. The van der Waals surface area contributed by atoms with Gasteiger partial charge in [-0.05, 0) is 50.1 Å². The lowest BCUT2D eigenvalue weighted by molar-refractivity contribution is -0.156. The smallest absolute Gasteiger partial charge is 0.320 e. The largest absolute Gasteiger partial charge is 0.473 e. The van der Waals surface area contributed by atoms with Gasteiger partial charge in [-0.1, -0.05) is 60.7 Å². The Balaban J connectivity index is 1.26. The lowest BCUT2D eigenvalue weighted by Crippen LogP contribution is -2.48. The quantitative estimate of drug-likeness (QED) is 0.224. The third kappa shape index (κ3) is 8.30. The van der Waals surface area contributed by atoms with Crippen LogP contribution in [0.2, 0.25) is 0 Å². The number of hydrogen-bond donors (Lipinski definition) is 0. The van der Waals surface area contributed by atoms with E-state index in [2.05, 4.69) is 9.80 Å². The Morgan fingerprint density at radius 1 is 0.786 bits per heavy atom. The van der Waals surface area contributed by atoms with E-state index in [1.807, 2.05) is 112 Å². The van der Waals surface area contributed by atoms with E-state index in [1.54, 1.807) is 0 Å². The molecule has 42 heavy (non-hydrogen) atoms. The number of aromatic nitrogens is 2. The third-order valence-electron chi connectivity index (χ3n) is 6.81. The van der Waals surface area contributed by atoms with Crippen molar-refractivity contribution in [1.29, 1.82) is 0 Å². The number of benzene rings is 2. The summed E-state index contributed by atoms with van der Waals surface area (Å²) in [5, 5.41) is 0. The summed E-state index contributed by atoms with van der Waals surface area (Å²) in [6, 6.07) is 27.9. The fraction of sp³-hybridized carbons (Fsp3) is 0.324. The second-order valence-electron chi connectivity index (χ2n) is 11.3. The van der Waals surface area contributed by atoms with Crippen LogP contribution in [0.25, 0.3) is 11.1 Å². The average molecular weight is 567 g/mol. The monoisotopic (exact) mass is 566 g/mol. The Labute approximate surface area is 247 Å². The van der Waals surface area contributed by atoms with Gasteiger partial charge in [0.25, 0.3) is 0 Å². The molecule has 0 bridgehead atoms. The van der Waals surface area contributed by atoms with Crippen LogP contribution >= 0.6 is 0 Å². The summed E-state index contributed by atoms with van der Waals surface area (Å²) >= 11 is 0. The molecule has 0 N–H and O–H groups in total. The van der Waals surface area contributed by atoms with Crippen molar-refractivity contribution in [1.82, 2.24) is 14.9 Å². The second-order valence-corrected chi connectivity index (χ2v) is 11.3. The minimum absolute atomic E-state index is 0.186. The van der Waals surface area contributed by atoms with Gasteiger partial charge in [0.15, 0.2) is 0 Å². The van der Waals surface area contributed by atoms with E-state index in [-0.39, 0.29) is 5.97 Å². The predicted octanol–water partition coefficient (Wildman–Crippen LogP) is 5.77. The summed E-state index contributed by atoms with van der Waals surface area (Å²) in [5.41, 5.74) is 3.41. The number of rotatable bonds is 10. The molecule has 5 rings (SSSR count). The van der Waals surface area contributed by atoms with Crippen LogP contribution in [0.3, 0.4) is 0 Å². The molecule has 0 radical (unpaired) electrons. The normalized spacial score (nSPS) is 13.9. The molecule has 0 amide bonds. The first kappa shape index (κ1) is 29.1. The van der Waals surface area contributed by atoms with Crippen LogP contribution in [0, 0.1) is 0 Å². The first-order valence-corrected chi connectivity index (χ1v) is 14.3. The first-order valence-electron chi connectivity index (χ1n) is 14.3. The van der Waals surface area contributed by atoms with Crippen LogP contribution in [0.1, 0.15) is 31.9 Å². The Bertz CT molecular complexity index is 1430. The summed E-state index contributed by atoms with van der Waals surface area (Å²) < 4.78 is 17.7. The Hall–Kier alpha value is -4.43. The molecule has 1 fully saturated rings. The number of hydrogen-bond acceptors (Lipinski definition) is 8. The molecule has 3 heterocycles. The van der Waals surface area contributed by atoms with Crippen LogP contribution in [0.5, 0.6) is 11.8 Å². The molecule has 2 aromatic heterocycles. The molecule has 2 aromatic carbocycles. The van der Waals surface area contributed by atoms with Crippen LogP contribution in [0.4, 0.5) is 5.82 Å². The van der Waals surface area contributed by atoms with Gasteiger partial charge in [-0.15, -0.1) is 0 Å². The van der Waals surface area contributed by atoms with Gasteiger partial charge in [0.2, 0.25) is 11.8 Å².